The molecule has 8 nitrogen and oxygen atoms in total. The number of Topliss-reactive ketones (excluding diaryl/α,β-unsaturated/α-hetero) is 1. The lowest BCUT2D eigenvalue weighted by atomic mass is 10.0. The van der Waals surface area contributed by atoms with Crippen LogP contribution in [0.25, 0.3) is 0 Å². The molecule has 1 fully saturated rings. The summed E-state index contributed by atoms with van der Waals surface area (Å²) in [6.07, 6.45) is -12.0. The second kappa shape index (κ2) is 14.0. The Morgan fingerprint density at radius 3 is 1.54 bits per heavy atom. The summed E-state index contributed by atoms with van der Waals surface area (Å²) in [5.41, 5.74) is -0.362. The SMILES string of the molecule is CCN(CC)C1CCN(c2ccc(C(=O)C(F)(F)F)c[nH+]2)CC1.O=C([O-])C(F)(F)F.O=C([O-])C(F)(F)F. The van der Waals surface area contributed by atoms with Crippen LogP contribution in [-0.2, 0) is 9.59 Å². The number of H-pyrrole nitrogens is 1. The van der Waals surface area contributed by atoms with Gasteiger partial charge < -0.3 is 24.7 Å². The standard InChI is InChI=1S/C16H22F3N3O.2C2HF3O2/c1-3-21(4-2)13-7-9-22(10-8-13)14-6-5-12(11-20-14)15(23)16(17,18)19;2*3-2(4,5)1(6)7/h5-6,11,13H,3-4,7-10H2,1-2H3;2*(H,6,7)/p-1. The largest absolute Gasteiger partial charge is 0.542 e. The monoisotopic (exact) mass is 556 g/mol. The van der Waals surface area contributed by atoms with Crippen LogP contribution in [0.15, 0.2) is 18.3 Å². The van der Waals surface area contributed by atoms with E-state index in [2.05, 4.69) is 28.6 Å². The van der Waals surface area contributed by atoms with E-state index in [0.717, 1.165) is 51.0 Å². The Bertz CT molecular complexity index is 851. The number of anilines is 1. The third-order valence-corrected chi connectivity index (χ3v) is 4.91. The minimum Gasteiger partial charge on any atom is -0.542 e. The fourth-order valence-electron chi connectivity index (χ4n) is 3.13. The maximum Gasteiger partial charge on any atom is 0.455 e. The second-order valence-corrected chi connectivity index (χ2v) is 7.30. The van der Waals surface area contributed by atoms with E-state index in [9.17, 15) is 44.3 Å². The molecule has 2 heterocycles. The summed E-state index contributed by atoms with van der Waals surface area (Å²) in [4.78, 5) is 36.1. The van der Waals surface area contributed by atoms with Crippen molar-refractivity contribution in [3.8, 4) is 0 Å². The van der Waals surface area contributed by atoms with Crippen molar-refractivity contribution in [1.82, 2.24) is 4.90 Å². The summed E-state index contributed by atoms with van der Waals surface area (Å²) in [6.45, 7) is 8.07. The Morgan fingerprint density at radius 2 is 1.27 bits per heavy atom. The van der Waals surface area contributed by atoms with Gasteiger partial charge in [0, 0.05) is 24.9 Å². The zero-order valence-electron chi connectivity index (χ0n) is 19.4. The number of piperidine rings is 1. The quantitative estimate of drug-likeness (QED) is 0.395. The molecule has 2 rings (SSSR count). The minimum atomic E-state index is -5.19. The number of hydrogen-bond acceptors (Lipinski definition) is 7. The molecule has 1 aromatic heterocycles. The highest BCUT2D eigenvalue weighted by Crippen LogP contribution is 2.23. The van der Waals surface area contributed by atoms with Crippen molar-refractivity contribution in [1.29, 1.82) is 0 Å². The Morgan fingerprint density at radius 1 is 0.865 bits per heavy atom. The smallest absolute Gasteiger partial charge is 0.455 e. The van der Waals surface area contributed by atoms with Crippen LogP contribution in [0.2, 0.25) is 0 Å². The number of aromatic amines is 1. The van der Waals surface area contributed by atoms with Gasteiger partial charge in [-0.1, -0.05) is 13.8 Å². The summed E-state index contributed by atoms with van der Waals surface area (Å²) in [5.74, 6) is -7.08. The zero-order valence-corrected chi connectivity index (χ0v) is 19.4. The van der Waals surface area contributed by atoms with E-state index < -0.39 is 36.3 Å². The molecule has 1 saturated heterocycles. The number of carboxylic acid groups (broad SMARTS) is 2. The third-order valence-electron chi connectivity index (χ3n) is 4.91. The van der Waals surface area contributed by atoms with Crippen molar-refractivity contribution >= 4 is 23.5 Å². The van der Waals surface area contributed by atoms with Gasteiger partial charge in [-0.2, -0.15) is 39.5 Å². The van der Waals surface area contributed by atoms with Gasteiger partial charge in [0.15, 0.2) is 0 Å². The van der Waals surface area contributed by atoms with Crippen LogP contribution in [0.3, 0.4) is 0 Å². The number of alkyl halides is 9. The third kappa shape index (κ3) is 12.1. The first-order chi connectivity index (χ1) is 16.7. The number of carbonyl (C=O) groups excluding carboxylic acids is 3. The summed E-state index contributed by atoms with van der Waals surface area (Å²) in [6, 6.07) is 3.35. The molecular weight excluding hydrogens is 533 g/mol. The normalized spacial score (nSPS) is 14.8. The number of aromatic nitrogens is 1. The molecule has 1 aliphatic rings. The number of aliphatic carboxylic acids is 2. The molecule has 1 aliphatic heterocycles. The number of carboxylic acids is 2. The van der Waals surface area contributed by atoms with Crippen LogP contribution in [0.5, 0.6) is 0 Å². The molecular formula is C20H23F9N3O5-. The average molecular weight is 556 g/mol. The predicted molar refractivity (Wildman–Crippen MR) is 104 cm³/mol. The Labute approximate surface area is 204 Å². The van der Waals surface area contributed by atoms with Gasteiger partial charge in [0.05, 0.1) is 24.8 Å². The average Bonchev–Trinajstić information content (AvgIpc) is 2.79. The molecule has 37 heavy (non-hydrogen) atoms. The number of ketones is 1. The summed E-state index contributed by atoms with van der Waals surface area (Å²) in [5, 5.41) is 17.6. The fraction of sp³-hybridized carbons (Fsp3) is 0.600. The van der Waals surface area contributed by atoms with Gasteiger partial charge in [0.2, 0.25) is 0 Å². The van der Waals surface area contributed by atoms with Gasteiger partial charge in [-0.3, -0.25) is 9.69 Å². The molecule has 0 unspecified atom stereocenters. The highest BCUT2D eigenvalue weighted by molar-refractivity contribution is 5.99. The van der Waals surface area contributed by atoms with E-state index in [1.165, 1.54) is 6.07 Å². The van der Waals surface area contributed by atoms with Gasteiger partial charge in [0.25, 0.3) is 11.6 Å². The summed E-state index contributed by atoms with van der Waals surface area (Å²) >= 11 is 0. The van der Waals surface area contributed by atoms with Gasteiger partial charge in [-0.25, -0.2) is 4.98 Å². The van der Waals surface area contributed by atoms with Crippen LogP contribution in [0.4, 0.5) is 45.3 Å². The number of nitrogens with zero attached hydrogens (tertiary/aromatic N) is 2. The summed E-state index contributed by atoms with van der Waals surface area (Å²) in [7, 11) is 0. The number of nitrogens with one attached hydrogen (secondary N) is 1. The Balaban J connectivity index is 0.000000761. The van der Waals surface area contributed by atoms with Crippen LogP contribution < -0.4 is 20.1 Å². The van der Waals surface area contributed by atoms with Gasteiger partial charge in [-0.15, -0.1) is 0 Å². The highest BCUT2D eigenvalue weighted by atomic mass is 19.4. The van der Waals surface area contributed by atoms with Crippen LogP contribution in [0.1, 0.15) is 37.0 Å². The van der Waals surface area contributed by atoms with E-state index in [0.29, 0.717) is 6.04 Å². The first-order valence-electron chi connectivity index (χ1n) is 10.4. The molecule has 0 amide bonds. The lowest BCUT2D eigenvalue weighted by molar-refractivity contribution is -0.364. The molecule has 212 valence electrons. The van der Waals surface area contributed by atoms with Crippen LogP contribution >= 0.6 is 0 Å². The fourth-order valence-corrected chi connectivity index (χ4v) is 3.13. The molecule has 1 N–H and O–H groups in total. The van der Waals surface area contributed by atoms with Crippen molar-refractivity contribution in [2.75, 3.05) is 31.1 Å². The number of carbonyl (C=O) groups is 3. The Kier molecular flexibility index (Phi) is 12.8. The van der Waals surface area contributed by atoms with E-state index in [1.807, 2.05) is 0 Å². The first kappa shape index (κ1) is 33.9. The number of halogens is 9. The van der Waals surface area contributed by atoms with Crippen LogP contribution in [-0.4, -0.2) is 73.4 Å². The number of pyridine rings is 1. The molecule has 0 bridgehead atoms. The maximum absolute atomic E-state index is 12.4. The molecule has 0 radical (unpaired) electrons. The molecule has 0 spiro atoms. The summed E-state index contributed by atoms with van der Waals surface area (Å²) < 4.78 is 100. The lowest BCUT2D eigenvalue weighted by Gasteiger charge is -2.34. The lowest BCUT2D eigenvalue weighted by Crippen LogP contribution is -2.46. The van der Waals surface area contributed by atoms with E-state index in [-0.39, 0.29) is 5.56 Å². The van der Waals surface area contributed by atoms with Gasteiger partial charge in [0.1, 0.15) is 11.9 Å². The van der Waals surface area contributed by atoms with Crippen LogP contribution in [0, 0.1) is 0 Å². The van der Waals surface area contributed by atoms with Crippen molar-refractivity contribution in [3.05, 3.63) is 23.9 Å². The molecule has 0 saturated carbocycles. The van der Waals surface area contributed by atoms with Crippen molar-refractivity contribution in [2.24, 2.45) is 0 Å². The topological polar surface area (TPSA) is 118 Å². The van der Waals surface area contributed by atoms with Gasteiger partial charge >= 0.3 is 18.5 Å². The van der Waals surface area contributed by atoms with Crippen molar-refractivity contribution in [3.63, 3.8) is 0 Å². The molecule has 0 aromatic carbocycles. The van der Waals surface area contributed by atoms with Gasteiger partial charge in [-0.05, 0) is 19.2 Å². The van der Waals surface area contributed by atoms with E-state index in [1.54, 1.807) is 6.07 Å². The van der Waals surface area contributed by atoms with E-state index in [4.69, 9.17) is 19.8 Å². The highest BCUT2D eigenvalue weighted by Gasteiger charge is 2.40. The molecule has 0 atom stereocenters. The molecule has 0 aliphatic carbocycles. The molecule has 1 aromatic rings. The minimum absolute atomic E-state index is 0.362. The first-order valence-corrected chi connectivity index (χ1v) is 10.4. The maximum atomic E-state index is 12.4. The number of hydrogen-bond donors (Lipinski definition) is 0. The van der Waals surface area contributed by atoms with E-state index >= 15 is 0 Å². The predicted octanol–water partition coefficient (Wildman–Crippen LogP) is 1.15. The second-order valence-electron chi connectivity index (χ2n) is 7.30. The molecule has 17 heteroatoms. The Hall–Kier alpha value is -3.11. The van der Waals surface area contributed by atoms with Crippen molar-refractivity contribution in [2.45, 2.75) is 51.3 Å². The number of rotatable bonds is 5. The van der Waals surface area contributed by atoms with Crippen molar-refractivity contribution < 1.29 is 69.1 Å². The zero-order chi connectivity index (χ0) is 29.2.